The minimum atomic E-state index is -5.00. The highest BCUT2D eigenvalue weighted by Gasteiger charge is 2.33. The number of ether oxygens (including phenoxy) is 1. The van der Waals surface area contributed by atoms with Crippen LogP contribution >= 0.6 is 15.6 Å². The van der Waals surface area contributed by atoms with E-state index in [1.165, 1.54) is 0 Å². The maximum Gasteiger partial charge on any atom is 0.481 e. The van der Waals surface area contributed by atoms with Crippen LogP contribution in [0.25, 0.3) is 0 Å². The van der Waals surface area contributed by atoms with E-state index in [0.717, 1.165) is 0 Å². The molecule has 0 spiro atoms. The van der Waals surface area contributed by atoms with Crippen LogP contribution in [0.2, 0.25) is 0 Å². The zero-order valence-corrected chi connectivity index (χ0v) is 8.76. The van der Waals surface area contributed by atoms with Gasteiger partial charge < -0.3 is 19.4 Å². The maximum absolute atomic E-state index is 10.8. The summed E-state index contributed by atoms with van der Waals surface area (Å²) in [5, 5.41) is 0. The molecule has 0 aromatic carbocycles. The van der Waals surface area contributed by atoms with E-state index in [1.807, 2.05) is 0 Å². The first kappa shape index (κ1) is 12.3. The van der Waals surface area contributed by atoms with Gasteiger partial charge in [0.25, 0.3) is 0 Å². The topological polar surface area (TPSA) is 126 Å². The molecular weight excluding hydrogens is 238 g/mol. The van der Waals surface area contributed by atoms with Crippen LogP contribution in [-0.4, -0.2) is 34.0 Å². The van der Waals surface area contributed by atoms with Gasteiger partial charge in [0.1, 0.15) is 0 Å². The Morgan fingerprint density at radius 3 is 2.36 bits per heavy atom. The fourth-order valence-electron chi connectivity index (χ4n) is 0.692. The Hall–Kier alpha value is 0.220. The summed E-state index contributed by atoms with van der Waals surface area (Å²) < 4.78 is 33.6. The summed E-state index contributed by atoms with van der Waals surface area (Å²) in [6, 6.07) is 0. The largest absolute Gasteiger partial charge is 0.481 e. The van der Waals surface area contributed by atoms with E-state index >= 15 is 0 Å². The van der Waals surface area contributed by atoms with Crippen molar-refractivity contribution >= 4 is 15.6 Å². The Morgan fingerprint density at radius 1 is 1.36 bits per heavy atom. The summed E-state index contributed by atoms with van der Waals surface area (Å²) in [5.74, 6) is 0. The third-order valence-corrected chi connectivity index (χ3v) is 3.49. The van der Waals surface area contributed by atoms with Gasteiger partial charge in [-0.05, 0) is 6.42 Å². The van der Waals surface area contributed by atoms with Gasteiger partial charge in [-0.15, -0.1) is 0 Å². The van der Waals surface area contributed by atoms with E-state index in [9.17, 15) is 9.13 Å². The van der Waals surface area contributed by atoms with E-state index in [2.05, 4.69) is 8.83 Å². The van der Waals surface area contributed by atoms with Crippen LogP contribution < -0.4 is 0 Å². The average molecular weight is 248 g/mol. The van der Waals surface area contributed by atoms with Crippen molar-refractivity contribution in [1.29, 1.82) is 0 Å². The first-order chi connectivity index (χ1) is 6.29. The Morgan fingerprint density at radius 2 is 1.93 bits per heavy atom. The van der Waals surface area contributed by atoms with Gasteiger partial charge in [-0.1, -0.05) is 0 Å². The van der Waals surface area contributed by atoms with Crippen molar-refractivity contribution in [2.45, 2.75) is 12.5 Å². The Kier molecular flexibility index (Phi) is 3.85. The molecule has 1 rings (SSSR count). The minimum Gasteiger partial charge on any atom is -0.373 e. The van der Waals surface area contributed by atoms with Gasteiger partial charge in [0.2, 0.25) is 0 Å². The number of phosphoric acid groups is 2. The summed E-state index contributed by atoms with van der Waals surface area (Å²) in [7, 11) is -9.67. The lowest BCUT2D eigenvalue weighted by molar-refractivity contribution is 0.173. The fourth-order valence-corrected chi connectivity index (χ4v) is 2.29. The average Bonchev–Trinajstić information content (AvgIpc) is 2.64. The molecule has 0 aromatic rings. The zero-order chi connectivity index (χ0) is 10.8. The number of epoxide rings is 1. The molecule has 3 N–H and O–H groups in total. The van der Waals surface area contributed by atoms with Gasteiger partial charge in [0, 0.05) is 0 Å². The van der Waals surface area contributed by atoms with Crippen molar-refractivity contribution in [3.63, 3.8) is 0 Å². The van der Waals surface area contributed by atoms with E-state index in [1.54, 1.807) is 0 Å². The number of rotatable bonds is 6. The van der Waals surface area contributed by atoms with Gasteiger partial charge in [0.15, 0.2) is 0 Å². The summed E-state index contributed by atoms with van der Waals surface area (Å²) in [6.45, 7) is 0.414. The number of phosphoric ester groups is 1. The van der Waals surface area contributed by atoms with Crippen molar-refractivity contribution in [2.75, 3.05) is 13.2 Å². The van der Waals surface area contributed by atoms with Crippen molar-refractivity contribution in [1.82, 2.24) is 0 Å². The lowest BCUT2D eigenvalue weighted by Gasteiger charge is -2.11. The van der Waals surface area contributed by atoms with Crippen LogP contribution in [0.5, 0.6) is 0 Å². The molecule has 1 aliphatic rings. The molecule has 0 aliphatic carbocycles. The molecule has 0 bridgehead atoms. The summed E-state index contributed by atoms with van der Waals surface area (Å²) in [6.07, 6.45) is 0.389. The molecule has 1 aliphatic heterocycles. The standard InChI is InChI=1S/C4H10O8P2/c5-13(6,7)12-14(8,9)11-2-1-4-3-10-4/h4H,1-3H2,(H,8,9)(H2,5,6,7)/t4-/m1/s1. The highest BCUT2D eigenvalue weighted by Crippen LogP contribution is 2.57. The van der Waals surface area contributed by atoms with E-state index in [0.29, 0.717) is 13.0 Å². The first-order valence-electron chi connectivity index (χ1n) is 3.64. The van der Waals surface area contributed by atoms with Crippen LogP contribution in [0.1, 0.15) is 6.42 Å². The number of hydrogen-bond acceptors (Lipinski definition) is 5. The fraction of sp³-hybridized carbons (Fsp3) is 1.00. The predicted molar refractivity (Wildman–Crippen MR) is 43.3 cm³/mol. The molecule has 2 atom stereocenters. The molecule has 1 saturated heterocycles. The van der Waals surface area contributed by atoms with Crippen LogP contribution in [-0.2, 0) is 22.7 Å². The third-order valence-electron chi connectivity index (χ3n) is 1.31. The Labute approximate surface area is 79.7 Å². The van der Waals surface area contributed by atoms with Crippen molar-refractivity contribution in [2.24, 2.45) is 0 Å². The van der Waals surface area contributed by atoms with Crippen LogP contribution in [0.3, 0.4) is 0 Å². The Bertz CT molecular complexity index is 279. The van der Waals surface area contributed by atoms with Gasteiger partial charge >= 0.3 is 15.6 Å². The molecule has 0 amide bonds. The van der Waals surface area contributed by atoms with Gasteiger partial charge in [0.05, 0.1) is 19.3 Å². The predicted octanol–water partition coefficient (Wildman–Crippen LogP) is 0.00160. The molecule has 84 valence electrons. The van der Waals surface area contributed by atoms with E-state index < -0.39 is 15.6 Å². The molecule has 1 unspecified atom stereocenters. The molecule has 14 heavy (non-hydrogen) atoms. The van der Waals surface area contributed by atoms with E-state index in [4.69, 9.17) is 19.4 Å². The molecule has 0 saturated carbocycles. The molecule has 8 nitrogen and oxygen atoms in total. The summed E-state index contributed by atoms with van der Waals surface area (Å²) in [5.41, 5.74) is 0. The molecule has 1 fully saturated rings. The number of hydrogen-bond donors (Lipinski definition) is 3. The van der Waals surface area contributed by atoms with Crippen LogP contribution in [0, 0.1) is 0 Å². The lowest BCUT2D eigenvalue weighted by atomic mass is 10.4. The first-order valence-corrected chi connectivity index (χ1v) is 6.67. The second-order valence-electron chi connectivity index (χ2n) is 2.62. The minimum absolute atomic E-state index is 0.00468. The lowest BCUT2D eigenvalue weighted by Crippen LogP contribution is -1.98. The molecule has 0 radical (unpaired) electrons. The summed E-state index contributed by atoms with van der Waals surface area (Å²) >= 11 is 0. The summed E-state index contributed by atoms with van der Waals surface area (Å²) in [4.78, 5) is 25.2. The van der Waals surface area contributed by atoms with Crippen molar-refractivity contribution < 1.29 is 37.4 Å². The van der Waals surface area contributed by atoms with Gasteiger partial charge in [-0.2, -0.15) is 4.31 Å². The molecule has 10 heteroatoms. The van der Waals surface area contributed by atoms with Crippen LogP contribution in [0.4, 0.5) is 0 Å². The monoisotopic (exact) mass is 248 g/mol. The quantitative estimate of drug-likeness (QED) is 0.443. The third kappa shape index (κ3) is 5.85. The molecule has 0 aromatic heterocycles. The molecular formula is C4H10O8P2. The van der Waals surface area contributed by atoms with Gasteiger partial charge in [-0.3, -0.25) is 4.52 Å². The SMILES string of the molecule is O=P(O)(O)OP(=O)(O)OCC[C@@H]1CO1. The normalized spacial score (nSPS) is 25.8. The Balaban J connectivity index is 2.25. The smallest absolute Gasteiger partial charge is 0.373 e. The second kappa shape index (κ2) is 4.38. The molecule has 1 heterocycles. The highest BCUT2D eigenvalue weighted by atomic mass is 31.3. The van der Waals surface area contributed by atoms with E-state index in [-0.39, 0.29) is 12.7 Å². The van der Waals surface area contributed by atoms with Gasteiger partial charge in [-0.25, -0.2) is 9.13 Å². The van der Waals surface area contributed by atoms with Crippen molar-refractivity contribution in [3.8, 4) is 0 Å². The highest BCUT2D eigenvalue weighted by molar-refractivity contribution is 7.60. The zero-order valence-electron chi connectivity index (χ0n) is 6.98. The van der Waals surface area contributed by atoms with Crippen molar-refractivity contribution in [3.05, 3.63) is 0 Å². The second-order valence-corrected chi connectivity index (χ2v) is 5.45. The van der Waals surface area contributed by atoms with Crippen LogP contribution in [0.15, 0.2) is 0 Å². The maximum atomic E-state index is 10.8.